The van der Waals surface area contributed by atoms with Gasteiger partial charge in [0.25, 0.3) is 0 Å². The van der Waals surface area contributed by atoms with E-state index in [1.807, 2.05) is 0 Å². The van der Waals surface area contributed by atoms with Crippen molar-refractivity contribution >= 4 is 5.84 Å². The van der Waals surface area contributed by atoms with Crippen LogP contribution in [0.3, 0.4) is 0 Å². The van der Waals surface area contributed by atoms with Crippen LogP contribution in [0.4, 0.5) is 0 Å². The Morgan fingerprint density at radius 3 is 2.06 bits per heavy atom. The summed E-state index contributed by atoms with van der Waals surface area (Å²) in [6, 6.07) is 1.11. The maximum Gasteiger partial charge on any atom is 0.0921 e. The van der Waals surface area contributed by atoms with E-state index >= 15 is 0 Å². The van der Waals surface area contributed by atoms with Gasteiger partial charge in [-0.1, -0.05) is 6.92 Å². The Bertz CT molecular complexity index is 219. The van der Waals surface area contributed by atoms with Crippen LogP contribution in [-0.4, -0.2) is 53.9 Å². The maximum absolute atomic E-state index is 7.40. The summed E-state index contributed by atoms with van der Waals surface area (Å²) in [6.07, 6.45) is 1.80. The van der Waals surface area contributed by atoms with E-state index in [0.29, 0.717) is 17.9 Å². The van der Waals surface area contributed by atoms with Gasteiger partial charge in [-0.2, -0.15) is 0 Å². The summed E-state index contributed by atoms with van der Waals surface area (Å²) in [5.74, 6) is 0.318. The lowest BCUT2D eigenvalue weighted by atomic mass is 10.1. The summed E-state index contributed by atoms with van der Waals surface area (Å²) in [4.78, 5) is 5.00. The number of hydrogen-bond donors (Lipinski definition) is 2. The second-order valence-corrected chi connectivity index (χ2v) is 4.96. The molecule has 1 aliphatic rings. The van der Waals surface area contributed by atoms with Crippen LogP contribution in [0.5, 0.6) is 0 Å². The number of nitrogens with one attached hydrogen (secondary N) is 1. The summed E-state index contributed by atoms with van der Waals surface area (Å²) in [5.41, 5.74) is 5.50. The minimum atomic E-state index is 0.318. The first-order valence-corrected chi connectivity index (χ1v) is 6.35. The van der Waals surface area contributed by atoms with Crippen molar-refractivity contribution in [3.05, 3.63) is 0 Å². The molecule has 1 rings (SSSR count). The van der Waals surface area contributed by atoms with E-state index < -0.39 is 0 Å². The van der Waals surface area contributed by atoms with Gasteiger partial charge in [0.1, 0.15) is 0 Å². The molecule has 0 aromatic rings. The molecule has 0 radical (unpaired) electrons. The van der Waals surface area contributed by atoms with Gasteiger partial charge in [-0.05, 0) is 20.3 Å². The zero-order valence-corrected chi connectivity index (χ0v) is 10.9. The standard InChI is InChI=1S/C12H26N4/c1-4-11(9-12(13)14)16-7-5-15(6-8-16)10(2)3/h10-11H,4-9H2,1-3H3,(H3,13,14). The molecule has 1 unspecified atom stereocenters. The van der Waals surface area contributed by atoms with Gasteiger partial charge in [0.05, 0.1) is 5.84 Å². The molecule has 4 nitrogen and oxygen atoms in total. The fraction of sp³-hybridized carbons (Fsp3) is 0.917. The minimum absolute atomic E-state index is 0.318. The highest BCUT2D eigenvalue weighted by atomic mass is 15.3. The van der Waals surface area contributed by atoms with E-state index in [0.717, 1.165) is 39.0 Å². The first-order chi connectivity index (χ1) is 7.54. The Labute approximate surface area is 99.3 Å². The molecule has 1 heterocycles. The van der Waals surface area contributed by atoms with Gasteiger partial charge in [-0.15, -0.1) is 0 Å². The van der Waals surface area contributed by atoms with Gasteiger partial charge < -0.3 is 5.73 Å². The quantitative estimate of drug-likeness (QED) is 0.545. The Balaban J connectivity index is 2.41. The second kappa shape index (κ2) is 6.21. The molecule has 0 amide bonds. The van der Waals surface area contributed by atoms with Crippen LogP contribution in [0, 0.1) is 5.41 Å². The van der Waals surface area contributed by atoms with Gasteiger partial charge in [0.15, 0.2) is 0 Å². The molecule has 16 heavy (non-hydrogen) atoms. The lowest BCUT2D eigenvalue weighted by molar-refractivity contribution is 0.0785. The van der Waals surface area contributed by atoms with E-state index in [1.165, 1.54) is 0 Å². The number of hydrogen-bond acceptors (Lipinski definition) is 3. The van der Waals surface area contributed by atoms with Crippen molar-refractivity contribution in [1.29, 1.82) is 5.41 Å². The van der Waals surface area contributed by atoms with Crippen LogP contribution in [0.2, 0.25) is 0 Å². The van der Waals surface area contributed by atoms with Crippen LogP contribution in [-0.2, 0) is 0 Å². The summed E-state index contributed by atoms with van der Waals surface area (Å²) in [6.45, 7) is 11.2. The van der Waals surface area contributed by atoms with Crippen molar-refractivity contribution in [2.45, 2.75) is 45.7 Å². The number of amidine groups is 1. The van der Waals surface area contributed by atoms with Gasteiger partial charge in [0, 0.05) is 44.7 Å². The fourth-order valence-corrected chi connectivity index (χ4v) is 2.40. The van der Waals surface area contributed by atoms with Gasteiger partial charge in [-0.25, -0.2) is 0 Å². The van der Waals surface area contributed by atoms with Crippen molar-refractivity contribution < 1.29 is 0 Å². The zero-order chi connectivity index (χ0) is 12.1. The van der Waals surface area contributed by atoms with Gasteiger partial charge >= 0.3 is 0 Å². The monoisotopic (exact) mass is 226 g/mol. The predicted molar refractivity (Wildman–Crippen MR) is 68.9 cm³/mol. The van der Waals surface area contributed by atoms with E-state index in [9.17, 15) is 0 Å². The predicted octanol–water partition coefficient (Wildman–Crippen LogP) is 1.12. The van der Waals surface area contributed by atoms with Crippen molar-refractivity contribution in [2.75, 3.05) is 26.2 Å². The highest BCUT2D eigenvalue weighted by Crippen LogP contribution is 2.13. The molecule has 0 bridgehead atoms. The van der Waals surface area contributed by atoms with Crippen molar-refractivity contribution in [2.24, 2.45) is 5.73 Å². The average molecular weight is 226 g/mol. The Hall–Kier alpha value is -0.610. The zero-order valence-electron chi connectivity index (χ0n) is 10.9. The summed E-state index contributed by atoms with van der Waals surface area (Å²) >= 11 is 0. The highest BCUT2D eigenvalue weighted by Gasteiger charge is 2.23. The number of nitrogens with two attached hydrogens (primary N) is 1. The number of nitrogens with zero attached hydrogens (tertiary/aromatic N) is 2. The van der Waals surface area contributed by atoms with Gasteiger partial charge in [0.2, 0.25) is 0 Å². The molecule has 4 heteroatoms. The third kappa shape index (κ3) is 3.76. The largest absolute Gasteiger partial charge is 0.388 e. The lowest BCUT2D eigenvalue weighted by Crippen LogP contribution is -2.52. The van der Waals surface area contributed by atoms with Crippen LogP contribution >= 0.6 is 0 Å². The molecule has 0 aromatic carbocycles. The molecule has 1 atom stereocenters. The van der Waals surface area contributed by atoms with Crippen LogP contribution in [0.1, 0.15) is 33.6 Å². The molecule has 0 aromatic heterocycles. The number of piperazine rings is 1. The third-order valence-corrected chi connectivity index (χ3v) is 3.52. The molecule has 1 saturated heterocycles. The van der Waals surface area contributed by atoms with E-state index in [1.54, 1.807) is 0 Å². The van der Waals surface area contributed by atoms with Crippen LogP contribution < -0.4 is 5.73 Å². The molecule has 94 valence electrons. The second-order valence-electron chi connectivity index (χ2n) is 4.96. The minimum Gasteiger partial charge on any atom is -0.388 e. The van der Waals surface area contributed by atoms with E-state index in [2.05, 4.69) is 30.6 Å². The highest BCUT2D eigenvalue weighted by molar-refractivity contribution is 5.77. The Morgan fingerprint density at radius 2 is 1.69 bits per heavy atom. The molecule has 3 N–H and O–H groups in total. The summed E-state index contributed by atoms with van der Waals surface area (Å²) in [7, 11) is 0. The smallest absolute Gasteiger partial charge is 0.0921 e. The molecular formula is C12H26N4. The SMILES string of the molecule is CCC(CC(=N)N)N1CCN(C(C)C)CC1. The molecule has 0 spiro atoms. The Morgan fingerprint density at radius 1 is 1.19 bits per heavy atom. The number of rotatable bonds is 5. The summed E-state index contributed by atoms with van der Waals surface area (Å²) in [5, 5.41) is 7.40. The van der Waals surface area contributed by atoms with E-state index in [4.69, 9.17) is 11.1 Å². The molecule has 0 saturated carbocycles. The first-order valence-electron chi connectivity index (χ1n) is 6.35. The Kier molecular flexibility index (Phi) is 5.22. The van der Waals surface area contributed by atoms with Crippen LogP contribution in [0.15, 0.2) is 0 Å². The van der Waals surface area contributed by atoms with Gasteiger partial charge in [-0.3, -0.25) is 15.2 Å². The molecule has 1 fully saturated rings. The summed E-state index contributed by atoms with van der Waals surface area (Å²) < 4.78 is 0. The average Bonchev–Trinajstić information content (AvgIpc) is 2.25. The lowest BCUT2D eigenvalue weighted by Gasteiger charge is -2.40. The molecular weight excluding hydrogens is 200 g/mol. The van der Waals surface area contributed by atoms with Crippen molar-refractivity contribution in [3.63, 3.8) is 0 Å². The molecule has 1 aliphatic heterocycles. The van der Waals surface area contributed by atoms with E-state index in [-0.39, 0.29) is 0 Å². The fourth-order valence-electron chi connectivity index (χ4n) is 2.40. The maximum atomic E-state index is 7.40. The molecule has 0 aliphatic carbocycles. The topological polar surface area (TPSA) is 56.4 Å². The first kappa shape index (κ1) is 13.5. The van der Waals surface area contributed by atoms with Crippen molar-refractivity contribution in [1.82, 2.24) is 9.80 Å². The normalized spacial score (nSPS) is 21.2. The van der Waals surface area contributed by atoms with Crippen molar-refractivity contribution in [3.8, 4) is 0 Å². The van der Waals surface area contributed by atoms with Crippen LogP contribution in [0.25, 0.3) is 0 Å². The third-order valence-electron chi connectivity index (χ3n) is 3.52.